The second kappa shape index (κ2) is 9.43. The monoisotopic (exact) mass is 437 g/mol. The Morgan fingerprint density at radius 1 is 1.13 bits per heavy atom. The van der Waals surface area contributed by atoms with Crippen LogP contribution in [0.2, 0.25) is 0 Å². The fourth-order valence-electron chi connectivity index (χ4n) is 3.52. The van der Waals surface area contributed by atoms with Gasteiger partial charge in [-0.15, -0.1) is 10.2 Å². The van der Waals surface area contributed by atoms with Crippen LogP contribution in [0.25, 0.3) is 0 Å². The minimum atomic E-state index is -0.402. The molecule has 0 aliphatic carbocycles. The molecule has 0 bridgehead atoms. The molecular weight excluding hydrogens is 410 g/mol. The third-order valence-electron chi connectivity index (χ3n) is 5.11. The molecule has 0 fully saturated rings. The van der Waals surface area contributed by atoms with Gasteiger partial charge in [0.05, 0.1) is 12.6 Å². The molecule has 3 aromatic rings. The maximum atomic E-state index is 13.3. The zero-order chi connectivity index (χ0) is 21.8. The molecule has 0 saturated carbocycles. The number of aromatic nitrogens is 3. The highest BCUT2D eigenvalue weighted by Gasteiger charge is 2.37. The number of carbonyl (C=O) groups excluding carboxylic acids is 1. The zero-order valence-corrected chi connectivity index (χ0v) is 18.8. The van der Waals surface area contributed by atoms with Gasteiger partial charge in [-0.3, -0.25) is 4.79 Å². The van der Waals surface area contributed by atoms with Gasteiger partial charge in [0.25, 0.3) is 0 Å². The van der Waals surface area contributed by atoms with Crippen molar-refractivity contribution in [2.24, 2.45) is 0 Å². The molecule has 0 radical (unpaired) electrons. The second-order valence-corrected chi connectivity index (χ2v) is 8.60. The average molecular weight is 438 g/mol. The SMILES string of the molecule is CCCc1nnc2n1NC(c1ccc(C)cc1)C(C(=O)Nc1ccc(OCC)cc1)S2. The highest BCUT2D eigenvalue weighted by molar-refractivity contribution is 8.00. The van der Waals surface area contributed by atoms with Gasteiger partial charge in [0.1, 0.15) is 11.0 Å². The van der Waals surface area contributed by atoms with Gasteiger partial charge in [-0.25, -0.2) is 4.68 Å². The van der Waals surface area contributed by atoms with Gasteiger partial charge < -0.3 is 15.5 Å². The zero-order valence-electron chi connectivity index (χ0n) is 18.0. The van der Waals surface area contributed by atoms with Crippen molar-refractivity contribution in [2.75, 3.05) is 17.3 Å². The molecule has 2 heterocycles. The molecule has 7 nitrogen and oxygen atoms in total. The van der Waals surface area contributed by atoms with E-state index in [4.69, 9.17) is 4.74 Å². The van der Waals surface area contributed by atoms with E-state index >= 15 is 0 Å². The third-order valence-corrected chi connectivity index (χ3v) is 6.32. The maximum absolute atomic E-state index is 13.3. The van der Waals surface area contributed by atoms with Crippen LogP contribution in [0.15, 0.2) is 53.7 Å². The molecule has 2 atom stereocenters. The first-order valence-electron chi connectivity index (χ1n) is 10.6. The number of nitrogens with zero attached hydrogens (tertiary/aromatic N) is 3. The van der Waals surface area contributed by atoms with Crippen LogP contribution in [-0.2, 0) is 11.2 Å². The molecule has 8 heteroatoms. The number of hydrogen-bond acceptors (Lipinski definition) is 6. The van der Waals surface area contributed by atoms with E-state index in [9.17, 15) is 4.79 Å². The van der Waals surface area contributed by atoms with Crippen LogP contribution in [-0.4, -0.2) is 32.6 Å². The highest BCUT2D eigenvalue weighted by atomic mass is 32.2. The summed E-state index contributed by atoms with van der Waals surface area (Å²) in [6.45, 7) is 6.72. The predicted octanol–water partition coefficient (Wildman–Crippen LogP) is 4.34. The molecule has 1 aromatic heterocycles. The third kappa shape index (κ3) is 4.69. The van der Waals surface area contributed by atoms with Crippen molar-refractivity contribution in [2.45, 2.75) is 50.1 Å². The quantitative estimate of drug-likeness (QED) is 0.572. The van der Waals surface area contributed by atoms with E-state index in [1.54, 1.807) is 0 Å². The number of benzene rings is 2. The number of aryl methyl sites for hydroxylation is 2. The molecule has 0 spiro atoms. The van der Waals surface area contributed by atoms with E-state index in [1.165, 1.54) is 17.3 Å². The first-order valence-corrected chi connectivity index (χ1v) is 11.4. The summed E-state index contributed by atoms with van der Waals surface area (Å²) in [5.74, 6) is 1.58. The van der Waals surface area contributed by atoms with Crippen molar-refractivity contribution in [1.82, 2.24) is 14.9 Å². The Bertz CT molecular complexity index is 1030. The molecular formula is C23H27N5O2S. The number of anilines is 1. The summed E-state index contributed by atoms with van der Waals surface area (Å²) in [6.07, 6.45) is 1.80. The van der Waals surface area contributed by atoms with Gasteiger partial charge in [0.2, 0.25) is 11.1 Å². The van der Waals surface area contributed by atoms with Crippen LogP contribution in [0.1, 0.15) is 43.3 Å². The van der Waals surface area contributed by atoms with E-state index < -0.39 is 5.25 Å². The molecule has 1 aliphatic heterocycles. The number of thioether (sulfide) groups is 1. The Hall–Kier alpha value is -3.00. The Morgan fingerprint density at radius 2 is 1.87 bits per heavy atom. The van der Waals surface area contributed by atoms with Crippen molar-refractivity contribution < 1.29 is 9.53 Å². The summed E-state index contributed by atoms with van der Waals surface area (Å²) in [7, 11) is 0. The Morgan fingerprint density at radius 3 is 2.55 bits per heavy atom. The van der Waals surface area contributed by atoms with Crippen molar-refractivity contribution in [1.29, 1.82) is 0 Å². The Labute approximate surface area is 186 Å². The van der Waals surface area contributed by atoms with E-state index in [1.807, 2.05) is 35.9 Å². The largest absolute Gasteiger partial charge is 0.494 e. The molecule has 1 aliphatic rings. The number of carbonyl (C=O) groups is 1. The normalized spacial score (nSPS) is 17.5. The van der Waals surface area contributed by atoms with Crippen LogP contribution >= 0.6 is 11.8 Å². The van der Waals surface area contributed by atoms with Gasteiger partial charge in [-0.2, -0.15) is 0 Å². The van der Waals surface area contributed by atoms with Crippen molar-refractivity contribution >= 4 is 23.4 Å². The van der Waals surface area contributed by atoms with Gasteiger partial charge >= 0.3 is 0 Å². The lowest BCUT2D eigenvalue weighted by Crippen LogP contribution is -2.41. The maximum Gasteiger partial charge on any atom is 0.240 e. The summed E-state index contributed by atoms with van der Waals surface area (Å²) in [5, 5.41) is 12.0. The molecule has 2 unspecified atom stereocenters. The topological polar surface area (TPSA) is 81.1 Å². The minimum Gasteiger partial charge on any atom is -0.494 e. The number of fused-ring (bicyclic) bond motifs is 1. The number of hydrogen-bond donors (Lipinski definition) is 2. The van der Waals surface area contributed by atoms with Gasteiger partial charge in [0, 0.05) is 12.1 Å². The van der Waals surface area contributed by atoms with Gasteiger partial charge in [-0.1, -0.05) is 48.5 Å². The molecule has 4 rings (SSSR count). The Kier molecular flexibility index (Phi) is 6.46. The summed E-state index contributed by atoms with van der Waals surface area (Å²) in [4.78, 5) is 13.3. The highest BCUT2D eigenvalue weighted by Crippen LogP contribution is 2.37. The number of rotatable bonds is 7. The molecule has 0 saturated heterocycles. The van der Waals surface area contributed by atoms with Crippen LogP contribution in [0.5, 0.6) is 5.75 Å². The number of ether oxygens (including phenoxy) is 1. The van der Waals surface area contributed by atoms with Crippen LogP contribution < -0.4 is 15.5 Å². The fourth-order valence-corrected chi connectivity index (χ4v) is 4.62. The van der Waals surface area contributed by atoms with E-state index in [0.717, 1.165) is 35.7 Å². The van der Waals surface area contributed by atoms with Gasteiger partial charge in [-0.05, 0) is 50.1 Å². The number of nitrogens with one attached hydrogen (secondary N) is 2. The number of amides is 1. The van der Waals surface area contributed by atoms with E-state index in [0.29, 0.717) is 11.8 Å². The smallest absolute Gasteiger partial charge is 0.240 e. The predicted molar refractivity (Wildman–Crippen MR) is 123 cm³/mol. The second-order valence-electron chi connectivity index (χ2n) is 7.49. The molecule has 2 aromatic carbocycles. The first-order chi connectivity index (χ1) is 15.1. The van der Waals surface area contributed by atoms with Crippen molar-refractivity contribution in [3.63, 3.8) is 0 Å². The summed E-state index contributed by atoms with van der Waals surface area (Å²) < 4.78 is 7.41. The van der Waals surface area contributed by atoms with Crippen LogP contribution in [0.4, 0.5) is 5.69 Å². The molecule has 162 valence electrons. The van der Waals surface area contributed by atoms with Crippen molar-refractivity contribution in [3.8, 4) is 5.75 Å². The lowest BCUT2D eigenvalue weighted by Gasteiger charge is -2.33. The van der Waals surface area contributed by atoms with Crippen LogP contribution in [0, 0.1) is 6.92 Å². The molecule has 1 amide bonds. The van der Waals surface area contributed by atoms with Gasteiger partial charge in [0.15, 0.2) is 5.82 Å². The summed E-state index contributed by atoms with van der Waals surface area (Å²) in [5.41, 5.74) is 6.46. The average Bonchev–Trinajstić information content (AvgIpc) is 3.17. The lowest BCUT2D eigenvalue weighted by molar-refractivity contribution is -0.116. The van der Waals surface area contributed by atoms with Crippen molar-refractivity contribution in [3.05, 3.63) is 65.5 Å². The van der Waals surface area contributed by atoms with Crippen LogP contribution in [0.3, 0.4) is 0 Å². The van der Waals surface area contributed by atoms with E-state index in [2.05, 4.69) is 59.1 Å². The fraction of sp³-hybridized carbons (Fsp3) is 0.348. The minimum absolute atomic E-state index is 0.0847. The first kappa shape index (κ1) is 21.2. The standard InChI is InChI=1S/C23H27N5O2S/c1-4-6-19-25-26-23-28(19)27-20(16-9-7-15(3)8-10-16)21(31-23)22(29)24-17-11-13-18(14-12-17)30-5-2/h7-14,20-21,27H,4-6H2,1-3H3,(H,24,29). The lowest BCUT2D eigenvalue weighted by atomic mass is 10.0. The van der Waals surface area contributed by atoms with E-state index in [-0.39, 0.29) is 11.9 Å². The summed E-state index contributed by atoms with van der Waals surface area (Å²) >= 11 is 1.44. The molecule has 31 heavy (non-hydrogen) atoms. The Balaban J connectivity index is 1.60. The summed E-state index contributed by atoms with van der Waals surface area (Å²) in [6, 6.07) is 15.5. The molecule has 2 N–H and O–H groups in total.